The number of anilines is 2. The van der Waals surface area contributed by atoms with Gasteiger partial charge in [-0.25, -0.2) is 14.4 Å². The van der Waals surface area contributed by atoms with Gasteiger partial charge in [-0.05, 0) is 42.0 Å². The SMILES string of the molecule is COc1cc(CN2CCc3nc(Nc4ccc(F)cc4)ncc3C2)cc(OC)c1OC. The van der Waals surface area contributed by atoms with Gasteiger partial charge in [0.1, 0.15) is 5.82 Å². The Kier molecular flexibility index (Phi) is 6.18. The maximum Gasteiger partial charge on any atom is 0.227 e. The Morgan fingerprint density at radius 2 is 1.74 bits per heavy atom. The van der Waals surface area contributed by atoms with Crippen molar-refractivity contribution in [1.82, 2.24) is 14.9 Å². The average Bonchev–Trinajstić information content (AvgIpc) is 2.80. The third kappa shape index (κ3) is 4.69. The number of ether oxygens (including phenoxy) is 3. The minimum Gasteiger partial charge on any atom is -0.493 e. The largest absolute Gasteiger partial charge is 0.493 e. The zero-order chi connectivity index (χ0) is 21.8. The van der Waals surface area contributed by atoms with E-state index in [2.05, 4.69) is 20.2 Å². The highest BCUT2D eigenvalue weighted by molar-refractivity contribution is 5.54. The van der Waals surface area contributed by atoms with E-state index in [1.807, 2.05) is 18.3 Å². The molecule has 2 aromatic carbocycles. The fraction of sp³-hybridized carbons (Fsp3) is 0.304. The monoisotopic (exact) mass is 424 g/mol. The predicted octanol–water partition coefficient (Wildman–Crippen LogP) is 3.94. The van der Waals surface area contributed by atoms with E-state index in [1.165, 1.54) is 12.1 Å². The molecule has 0 radical (unpaired) electrons. The molecule has 0 saturated carbocycles. The minimum atomic E-state index is -0.274. The molecule has 1 aliphatic heterocycles. The van der Waals surface area contributed by atoms with Gasteiger partial charge in [0.15, 0.2) is 11.5 Å². The highest BCUT2D eigenvalue weighted by atomic mass is 19.1. The predicted molar refractivity (Wildman–Crippen MR) is 116 cm³/mol. The number of aromatic nitrogens is 2. The maximum absolute atomic E-state index is 13.1. The summed E-state index contributed by atoms with van der Waals surface area (Å²) in [5.41, 5.74) is 3.96. The van der Waals surface area contributed by atoms with Crippen LogP contribution in [0.3, 0.4) is 0 Å². The number of benzene rings is 2. The van der Waals surface area contributed by atoms with Crippen LogP contribution in [0.5, 0.6) is 17.2 Å². The molecule has 1 aliphatic rings. The molecule has 0 amide bonds. The molecule has 8 heteroatoms. The standard InChI is InChI=1S/C23H25FN4O3/c1-29-20-10-15(11-21(30-2)22(20)31-3)13-28-9-8-19-16(14-28)12-25-23(27-19)26-18-6-4-17(24)5-7-18/h4-7,10-12H,8-9,13-14H2,1-3H3,(H,25,26,27). The van der Waals surface area contributed by atoms with Crippen molar-refractivity contribution in [2.45, 2.75) is 19.5 Å². The number of halogens is 1. The lowest BCUT2D eigenvalue weighted by atomic mass is 10.1. The summed E-state index contributed by atoms with van der Waals surface area (Å²) >= 11 is 0. The Hall–Kier alpha value is -3.39. The summed E-state index contributed by atoms with van der Waals surface area (Å²) in [6, 6.07) is 10.1. The van der Waals surface area contributed by atoms with Crippen LogP contribution in [0.4, 0.5) is 16.0 Å². The van der Waals surface area contributed by atoms with Crippen LogP contribution in [0.25, 0.3) is 0 Å². The molecule has 0 bridgehead atoms. The number of hydrogen-bond acceptors (Lipinski definition) is 7. The van der Waals surface area contributed by atoms with Gasteiger partial charge >= 0.3 is 0 Å². The number of nitrogens with zero attached hydrogens (tertiary/aromatic N) is 3. The van der Waals surface area contributed by atoms with Crippen molar-refractivity contribution in [1.29, 1.82) is 0 Å². The summed E-state index contributed by atoms with van der Waals surface area (Å²) in [6.07, 6.45) is 2.68. The summed E-state index contributed by atoms with van der Waals surface area (Å²) in [7, 11) is 4.83. The summed E-state index contributed by atoms with van der Waals surface area (Å²) in [6.45, 7) is 2.37. The van der Waals surface area contributed by atoms with E-state index in [9.17, 15) is 4.39 Å². The highest BCUT2D eigenvalue weighted by Gasteiger charge is 2.20. The topological polar surface area (TPSA) is 68.7 Å². The molecule has 0 atom stereocenters. The van der Waals surface area contributed by atoms with Crippen molar-refractivity contribution in [2.24, 2.45) is 0 Å². The number of fused-ring (bicyclic) bond motifs is 1. The van der Waals surface area contributed by atoms with E-state index in [1.54, 1.807) is 33.5 Å². The number of nitrogens with one attached hydrogen (secondary N) is 1. The van der Waals surface area contributed by atoms with Crippen LogP contribution in [-0.4, -0.2) is 42.7 Å². The average molecular weight is 424 g/mol. The molecule has 162 valence electrons. The summed E-state index contributed by atoms with van der Waals surface area (Å²) in [5.74, 6) is 2.13. The summed E-state index contributed by atoms with van der Waals surface area (Å²) in [4.78, 5) is 11.4. The van der Waals surface area contributed by atoms with Gasteiger partial charge < -0.3 is 19.5 Å². The molecule has 0 aliphatic carbocycles. The van der Waals surface area contributed by atoms with E-state index < -0.39 is 0 Å². The van der Waals surface area contributed by atoms with Gasteiger partial charge in [-0.2, -0.15) is 0 Å². The maximum atomic E-state index is 13.1. The van der Waals surface area contributed by atoms with Crippen LogP contribution in [-0.2, 0) is 19.5 Å². The first kappa shape index (κ1) is 20.9. The van der Waals surface area contributed by atoms with Gasteiger partial charge in [0.2, 0.25) is 11.7 Å². The van der Waals surface area contributed by atoms with Crippen LogP contribution in [0, 0.1) is 5.82 Å². The Balaban J connectivity index is 1.46. The molecule has 0 saturated heterocycles. The lowest BCUT2D eigenvalue weighted by Gasteiger charge is -2.28. The van der Waals surface area contributed by atoms with Gasteiger partial charge in [0.05, 0.1) is 27.0 Å². The van der Waals surface area contributed by atoms with E-state index in [0.29, 0.717) is 23.2 Å². The third-order valence-electron chi connectivity index (χ3n) is 5.24. The second kappa shape index (κ2) is 9.18. The van der Waals surface area contributed by atoms with Gasteiger partial charge in [-0.3, -0.25) is 4.90 Å². The lowest BCUT2D eigenvalue weighted by Crippen LogP contribution is -2.31. The number of rotatable bonds is 7. The quantitative estimate of drug-likeness (QED) is 0.616. The zero-order valence-electron chi connectivity index (χ0n) is 17.8. The molecule has 3 aromatic rings. The van der Waals surface area contributed by atoms with E-state index >= 15 is 0 Å². The Morgan fingerprint density at radius 1 is 1.03 bits per heavy atom. The molecule has 0 fully saturated rings. The van der Waals surface area contributed by atoms with Crippen molar-refractivity contribution in [3.8, 4) is 17.2 Å². The second-order valence-corrected chi connectivity index (χ2v) is 7.29. The van der Waals surface area contributed by atoms with Gasteiger partial charge in [0, 0.05) is 43.5 Å². The molecule has 1 N–H and O–H groups in total. The molecule has 4 rings (SSSR count). The van der Waals surface area contributed by atoms with Crippen molar-refractivity contribution in [3.05, 3.63) is 65.2 Å². The summed E-state index contributed by atoms with van der Waals surface area (Å²) < 4.78 is 29.4. The highest BCUT2D eigenvalue weighted by Crippen LogP contribution is 2.38. The van der Waals surface area contributed by atoms with E-state index in [-0.39, 0.29) is 5.82 Å². The van der Waals surface area contributed by atoms with Crippen LogP contribution in [0.15, 0.2) is 42.6 Å². The fourth-order valence-electron chi connectivity index (χ4n) is 3.72. The second-order valence-electron chi connectivity index (χ2n) is 7.29. The number of hydrogen-bond donors (Lipinski definition) is 1. The van der Waals surface area contributed by atoms with Crippen LogP contribution in [0.1, 0.15) is 16.8 Å². The van der Waals surface area contributed by atoms with Crippen molar-refractivity contribution in [3.63, 3.8) is 0 Å². The van der Waals surface area contributed by atoms with Crippen molar-refractivity contribution in [2.75, 3.05) is 33.2 Å². The van der Waals surface area contributed by atoms with Gasteiger partial charge in [0.25, 0.3) is 0 Å². The first-order valence-corrected chi connectivity index (χ1v) is 9.98. The Morgan fingerprint density at radius 3 is 2.39 bits per heavy atom. The van der Waals surface area contributed by atoms with Gasteiger partial charge in [-0.1, -0.05) is 0 Å². The third-order valence-corrected chi connectivity index (χ3v) is 5.24. The molecule has 31 heavy (non-hydrogen) atoms. The fourth-order valence-corrected chi connectivity index (χ4v) is 3.72. The first-order valence-electron chi connectivity index (χ1n) is 9.98. The molecule has 0 unspecified atom stereocenters. The van der Waals surface area contributed by atoms with Crippen LogP contribution < -0.4 is 19.5 Å². The van der Waals surface area contributed by atoms with E-state index in [4.69, 9.17) is 14.2 Å². The van der Waals surface area contributed by atoms with Gasteiger partial charge in [-0.15, -0.1) is 0 Å². The molecule has 1 aromatic heterocycles. The first-order chi connectivity index (χ1) is 15.1. The minimum absolute atomic E-state index is 0.274. The van der Waals surface area contributed by atoms with Crippen LogP contribution in [0.2, 0.25) is 0 Å². The normalized spacial score (nSPS) is 13.4. The Bertz CT molecular complexity index is 1030. The lowest BCUT2D eigenvalue weighted by molar-refractivity contribution is 0.241. The molecule has 0 spiro atoms. The van der Waals surface area contributed by atoms with Crippen molar-refractivity contribution < 1.29 is 18.6 Å². The molecule has 2 heterocycles. The summed E-state index contributed by atoms with van der Waals surface area (Å²) in [5, 5.41) is 3.13. The molecule has 7 nitrogen and oxygen atoms in total. The van der Waals surface area contributed by atoms with E-state index in [0.717, 1.165) is 48.6 Å². The molecular weight excluding hydrogens is 399 g/mol. The van der Waals surface area contributed by atoms with Crippen molar-refractivity contribution >= 4 is 11.6 Å². The Labute approximate surface area is 180 Å². The zero-order valence-corrected chi connectivity index (χ0v) is 17.8. The smallest absolute Gasteiger partial charge is 0.227 e. The molecular formula is C23H25FN4O3. The van der Waals surface area contributed by atoms with Crippen LogP contribution >= 0.6 is 0 Å². The number of methoxy groups -OCH3 is 3.